The topological polar surface area (TPSA) is 43.1 Å². The van der Waals surface area contributed by atoms with Gasteiger partial charge in [0.25, 0.3) is 5.69 Å². The average molecular weight is 354 g/mol. The van der Waals surface area contributed by atoms with Crippen molar-refractivity contribution >= 4 is 39.9 Å². The molecule has 3 nitrogen and oxygen atoms in total. The van der Waals surface area contributed by atoms with Crippen molar-refractivity contribution in [3.63, 3.8) is 0 Å². The summed E-state index contributed by atoms with van der Waals surface area (Å²) in [5.74, 6) is 0. The van der Waals surface area contributed by atoms with Crippen LogP contribution in [0.25, 0.3) is 0 Å². The Morgan fingerprint density at radius 2 is 2.25 bits per heavy atom. The Morgan fingerprint density at radius 3 is 2.81 bits per heavy atom. The number of nitro benzene ring substituents is 1. The van der Waals surface area contributed by atoms with Crippen molar-refractivity contribution < 1.29 is 4.92 Å². The standard InChI is InChI=1S/C11H13ClINO2/c1-2-3-9(12)6-8-4-5-10(13)7-11(8)14(15)16/h4-5,7,9H,2-3,6H2,1H3. The van der Waals surface area contributed by atoms with Crippen molar-refractivity contribution in [1.82, 2.24) is 0 Å². The van der Waals surface area contributed by atoms with E-state index >= 15 is 0 Å². The summed E-state index contributed by atoms with van der Waals surface area (Å²) < 4.78 is 0.870. The Kier molecular flexibility index (Phi) is 5.48. The number of hydrogen-bond acceptors (Lipinski definition) is 2. The van der Waals surface area contributed by atoms with Gasteiger partial charge in [0.2, 0.25) is 0 Å². The molecule has 0 aliphatic carbocycles. The minimum Gasteiger partial charge on any atom is -0.258 e. The number of hydrogen-bond donors (Lipinski definition) is 0. The van der Waals surface area contributed by atoms with Crippen LogP contribution in [0, 0.1) is 13.7 Å². The van der Waals surface area contributed by atoms with Gasteiger partial charge in [0, 0.05) is 20.6 Å². The molecule has 1 unspecified atom stereocenters. The molecule has 0 fully saturated rings. The van der Waals surface area contributed by atoms with Gasteiger partial charge in [-0.25, -0.2) is 0 Å². The van der Waals surface area contributed by atoms with E-state index in [2.05, 4.69) is 29.5 Å². The molecule has 0 amide bonds. The Balaban J connectivity index is 2.90. The second-order valence-corrected chi connectivity index (χ2v) is 5.48. The molecule has 5 heteroatoms. The maximum Gasteiger partial charge on any atom is 0.273 e. The monoisotopic (exact) mass is 353 g/mol. The van der Waals surface area contributed by atoms with Crippen molar-refractivity contribution in [2.75, 3.05) is 0 Å². The highest BCUT2D eigenvalue weighted by molar-refractivity contribution is 14.1. The fourth-order valence-corrected chi connectivity index (χ4v) is 2.39. The van der Waals surface area contributed by atoms with Crippen LogP contribution in [0.2, 0.25) is 0 Å². The van der Waals surface area contributed by atoms with Gasteiger partial charge in [-0.15, -0.1) is 11.6 Å². The van der Waals surface area contributed by atoms with Crippen LogP contribution in [-0.2, 0) is 6.42 Å². The second kappa shape index (κ2) is 6.39. The van der Waals surface area contributed by atoms with Crippen LogP contribution in [0.15, 0.2) is 18.2 Å². The lowest BCUT2D eigenvalue weighted by Crippen LogP contribution is -2.05. The van der Waals surface area contributed by atoms with Crippen LogP contribution < -0.4 is 0 Å². The van der Waals surface area contributed by atoms with Crippen LogP contribution in [0.1, 0.15) is 25.3 Å². The van der Waals surface area contributed by atoms with E-state index in [4.69, 9.17) is 11.6 Å². The fraction of sp³-hybridized carbons (Fsp3) is 0.455. The maximum atomic E-state index is 10.9. The van der Waals surface area contributed by atoms with Gasteiger partial charge >= 0.3 is 0 Å². The highest BCUT2D eigenvalue weighted by Crippen LogP contribution is 2.24. The molecule has 1 aromatic carbocycles. The summed E-state index contributed by atoms with van der Waals surface area (Å²) in [5, 5.41) is 10.8. The van der Waals surface area contributed by atoms with Crippen LogP contribution in [0.5, 0.6) is 0 Å². The third-order valence-corrected chi connectivity index (χ3v) is 3.33. The van der Waals surface area contributed by atoms with E-state index in [-0.39, 0.29) is 16.0 Å². The molecule has 0 saturated heterocycles. The minimum atomic E-state index is -0.340. The summed E-state index contributed by atoms with van der Waals surface area (Å²) in [6.07, 6.45) is 2.43. The van der Waals surface area contributed by atoms with Gasteiger partial charge in [-0.05, 0) is 41.5 Å². The molecule has 0 saturated carbocycles. The molecule has 1 aromatic rings. The lowest BCUT2D eigenvalue weighted by Gasteiger charge is -2.08. The van der Waals surface area contributed by atoms with E-state index < -0.39 is 0 Å². The third-order valence-electron chi connectivity index (χ3n) is 2.29. The summed E-state index contributed by atoms with van der Waals surface area (Å²) >= 11 is 8.18. The summed E-state index contributed by atoms with van der Waals surface area (Å²) in [6, 6.07) is 5.26. The highest BCUT2D eigenvalue weighted by Gasteiger charge is 2.16. The molecular formula is C11H13ClINO2. The summed E-state index contributed by atoms with van der Waals surface area (Å²) in [5.41, 5.74) is 0.896. The molecule has 0 radical (unpaired) electrons. The molecule has 0 N–H and O–H groups in total. The van der Waals surface area contributed by atoms with Crippen molar-refractivity contribution in [3.8, 4) is 0 Å². The second-order valence-electron chi connectivity index (χ2n) is 3.62. The van der Waals surface area contributed by atoms with Gasteiger partial charge in [0.15, 0.2) is 0 Å². The molecule has 1 atom stereocenters. The van der Waals surface area contributed by atoms with Gasteiger partial charge in [-0.3, -0.25) is 10.1 Å². The van der Waals surface area contributed by atoms with Gasteiger partial charge in [0.1, 0.15) is 0 Å². The first-order valence-corrected chi connectivity index (χ1v) is 6.63. The summed E-state index contributed by atoms with van der Waals surface area (Å²) in [4.78, 5) is 10.5. The molecule has 0 aliphatic rings. The zero-order valence-electron chi connectivity index (χ0n) is 8.95. The molecule has 0 aliphatic heterocycles. The Morgan fingerprint density at radius 1 is 1.56 bits per heavy atom. The van der Waals surface area contributed by atoms with Crippen molar-refractivity contribution in [1.29, 1.82) is 0 Å². The molecule has 0 aromatic heterocycles. The SMILES string of the molecule is CCCC(Cl)Cc1ccc(I)cc1[N+](=O)[O-]. The Hall–Kier alpha value is -0.360. The van der Waals surface area contributed by atoms with Crippen LogP contribution in [0.4, 0.5) is 5.69 Å². The molecule has 0 spiro atoms. The van der Waals surface area contributed by atoms with Gasteiger partial charge in [0.05, 0.1) is 4.92 Å². The number of nitro groups is 1. The molecule has 0 heterocycles. The first kappa shape index (κ1) is 13.7. The summed E-state index contributed by atoms with van der Waals surface area (Å²) in [7, 11) is 0. The van der Waals surface area contributed by atoms with Crippen molar-refractivity contribution in [2.24, 2.45) is 0 Å². The van der Waals surface area contributed by atoms with E-state index in [9.17, 15) is 10.1 Å². The predicted molar refractivity (Wildman–Crippen MR) is 74.1 cm³/mol. The largest absolute Gasteiger partial charge is 0.273 e. The predicted octanol–water partition coefficient (Wildman–Crippen LogP) is 4.15. The average Bonchev–Trinajstić information content (AvgIpc) is 2.20. The zero-order chi connectivity index (χ0) is 12.1. The molecule has 16 heavy (non-hydrogen) atoms. The summed E-state index contributed by atoms with van der Waals surface area (Å²) in [6.45, 7) is 2.05. The normalized spacial score (nSPS) is 12.4. The van der Waals surface area contributed by atoms with Gasteiger partial charge in [-0.1, -0.05) is 19.4 Å². The number of halogens is 2. The fourth-order valence-electron chi connectivity index (χ4n) is 1.53. The maximum absolute atomic E-state index is 10.9. The van der Waals surface area contributed by atoms with E-state index in [0.717, 1.165) is 22.0 Å². The first-order valence-electron chi connectivity index (χ1n) is 5.11. The Bertz CT molecular complexity index is 384. The molecule has 88 valence electrons. The van der Waals surface area contributed by atoms with E-state index in [0.29, 0.717) is 6.42 Å². The van der Waals surface area contributed by atoms with Gasteiger partial charge < -0.3 is 0 Å². The van der Waals surface area contributed by atoms with Crippen molar-refractivity contribution in [2.45, 2.75) is 31.6 Å². The molecule has 0 bridgehead atoms. The zero-order valence-corrected chi connectivity index (χ0v) is 11.9. The van der Waals surface area contributed by atoms with Crippen molar-refractivity contribution in [3.05, 3.63) is 37.4 Å². The van der Waals surface area contributed by atoms with E-state index in [1.807, 2.05) is 6.07 Å². The number of nitrogens with zero attached hydrogens (tertiary/aromatic N) is 1. The van der Waals surface area contributed by atoms with Crippen LogP contribution in [-0.4, -0.2) is 10.3 Å². The Labute approximate surface area is 113 Å². The number of alkyl halides is 1. The number of benzene rings is 1. The molecular weight excluding hydrogens is 340 g/mol. The highest BCUT2D eigenvalue weighted by atomic mass is 127. The molecule has 1 rings (SSSR count). The van der Waals surface area contributed by atoms with Crippen LogP contribution >= 0.6 is 34.2 Å². The lowest BCUT2D eigenvalue weighted by atomic mass is 10.1. The number of rotatable bonds is 5. The third kappa shape index (κ3) is 3.90. The van der Waals surface area contributed by atoms with Gasteiger partial charge in [-0.2, -0.15) is 0 Å². The van der Waals surface area contributed by atoms with E-state index in [1.54, 1.807) is 12.1 Å². The first-order chi connectivity index (χ1) is 7.54. The lowest BCUT2D eigenvalue weighted by molar-refractivity contribution is -0.385. The minimum absolute atomic E-state index is 0.0243. The smallest absolute Gasteiger partial charge is 0.258 e. The quantitative estimate of drug-likeness (QED) is 0.345. The van der Waals surface area contributed by atoms with E-state index in [1.165, 1.54) is 0 Å². The van der Waals surface area contributed by atoms with Crippen LogP contribution in [0.3, 0.4) is 0 Å².